The molecule has 0 spiro atoms. The average molecular weight is 488 g/mol. The van der Waals surface area contributed by atoms with Gasteiger partial charge in [-0.15, -0.1) is 0 Å². The molecule has 0 bridgehead atoms. The fourth-order valence-corrected chi connectivity index (χ4v) is 4.79. The number of benzene rings is 2. The first-order valence-electron chi connectivity index (χ1n) is 9.58. The van der Waals surface area contributed by atoms with Crippen molar-refractivity contribution in [3.8, 4) is 5.75 Å². The topological polar surface area (TPSA) is 54.4 Å². The number of nitrogens with zero attached hydrogens (tertiary/aromatic N) is 3. The molecule has 0 atom stereocenters. The van der Waals surface area contributed by atoms with Crippen molar-refractivity contribution in [3.63, 3.8) is 0 Å². The summed E-state index contributed by atoms with van der Waals surface area (Å²) in [4.78, 5) is 21.9. The third kappa shape index (κ3) is 4.55. The van der Waals surface area contributed by atoms with Crippen LogP contribution in [-0.2, 0) is 9.53 Å². The van der Waals surface area contributed by atoms with Crippen LogP contribution in [-0.4, -0.2) is 56.4 Å². The molecule has 0 aliphatic carbocycles. The summed E-state index contributed by atoms with van der Waals surface area (Å²) in [6, 6.07) is 13.8. The number of amides is 1. The molecule has 0 saturated carbocycles. The quantitative estimate of drug-likeness (QED) is 0.593. The summed E-state index contributed by atoms with van der Waals surface area (Å²) in [6.07, 6.45) is 1.87. The number of amidine groups is 1. The van der Waals surface area contributed by atoms with Gasteiger partial charge in [0, 0.05) is 25.8 Å². The molecule has 2 aromatic rings. The van der Waals surface area contributed by atoms with Gasteiger partial charge in [0.2, 0.25) is 0 Å². The summed E-state index contributed by atoms with van der Waals surface area (Å²) in [5.74, 6) is 0.693. The fraction of sp³-hybridized carbons (Fsp3) is 0.273. The van der Waals surface area contributed by atoms with Crippen LogP contribution in [0.4, 0.5) is 11.4 Å². The monoisotopic (exact) mass is 487 g/mol. The standard InChI is InChI=1S/C22H22BrN3O3S/c1-25-21(27)20(14-15-3-8-19(28-2)18(23)13-15)30-22(25)24-16-4-6-17(7-5-16)26-9-11-29-12-10-26/h3-8,13-14H,9-12H2,1-2H3/b20-14-,24-22?. The van der Waals surface area contributed by atoms with Crippen molar-refractivity contribution in [2.24, 2.45) is 4.99 Å². The molecule has 8 heteroatoms. The van der Waals surface area contributed by atoms with Crippen LogP contribution in [0, 0.1) is 0 Å². The van der Waals surface area contributed by atoms with Gasteiger partial charge >= 0.3 is 0 Å². The first kappa shape index (κ1) is 21.0. The molecule has 0 aromatic heterocycles. The van der Waals surface area contributed by atoms with Crippen molar-refractivity contribution in [2.45, 2.75) is 0 Å². The Morgan fingerprint density at radius 3 is 2.57 bits per heavy atom. The number of halogens is 1. The van der Waals surface area contributed by atoms with Crippen LogP contribution in [0.2, 0.25) is 0 Å². The summed E-state index contributed by atoms with van der Waals surface area (Å²) in [5, 5.41) is 0.665. The van der Waals surface area contributed by atoms with Gasteiger partial charge in [0.15, 0.2) is 5.17 Å². The molecule has 2 aromatic carbocycles. The van der Waals surface area contributed by atoms with Gasteiger partial charge in [-0.05, 0) is 75.7 Å². The fourth-order valence-electron chi connectivity index (χ4n) is 3.25. The second-order valence-electron chi connectivity index (χ2n) is 6.88. The Morgan fingerprint density at radius 2 is 1.90 bits per heavy atom. The van der Waals surface area contributed by atoms with Crippen molar-refractivity contribution >= 4 is 56.2 Å². The lowest BCUT2D eigenvalue weighted by Crippen LogP contribution is -2.36. The normalized spacial score (nSPS) is 19.8. The van der Waals surface area contributed by atoms with E-state index in [0.29, 0.717) is 10.1 Å². The smallest absolute Gasteiger partial charge is 0.266 e. The number of hydrogen-bond acceptors (Lipinski definition) is 6. The Bertz CT molecular complexity index is 1000. The molecule has 6 nitrogen and oxygen atoms in total. The molecular weight excluding hydrogens is 466 g/mol. The molecule has 2 aliphatic heterocycles. The van der Waals surface area contributed by atoms with Crippen LogP contribution in [0.5, 0.6) is 5.75 Å². The van der Waals surface area contributed by atoms with E-state index in [2.05, 4.69) is 38.0 Å². The van der Waals surface area contributed by atoms with Crippen LogP contribution < -0.4 is 9.64 Å². The van der Waals surface area contributed by atoms with Crippen LogP contribution in [0.3, 0.4) is 0 Å². The van der Waals surface area contributed by atoms with E-state index in [9.17, 15) is 4.79 Å². The van der Waals surface area contributed by atoms with Crippen molar-refractivity contribution in [1.29, 1.82) is 0 Å². The summed E-state index contributed by atoms with van der Waals surface area (Å²) in [7, 11) is 3.38. The first-order valence-corrected chi connectivity index (χ1v) is 11.2. The van der Waals surface area contributed by atoms with E-state index in [4.69, 9.17) is 9.47 Å². The number of ether oxygens (including phenoxy) is 2. The van der Waals surface area contributed by atoms with Crippen LogP contribution >= 0.6 is 27.7 Å². The maximum Gasteiger partial charge on any atom is 0.266 e. The van der Waals surface area contributed by atoms with Gasteiger partial charge in [-0.1, -0.05) is 6.07 Å². The van der Waals surface area contributed by atoms with E-state index < -0.39 is 0 Å². The number of aliphatic imine (C=N–C) groups is 1. The molecule has 2 aliphatic rings. The highest BCUT2D eigenvalue weighted by Gasteiger charge is 2.30. The number of carbonyl (C=O) groups is 1. The minimum absolute atomic E-state index is 0.0596. The molecule has 0 N–H and O–H groups in total. The third-order valence-electron chi connectivity index (χ3n) is 4.93. The number of likely N-dealkylation sites (N-methyl/N-ethyl adjacent to an activating group) is 1. The van der Waals surface area contributed by atoms with E-state index in [0.717, 1.165) is 53.5 Å². The summed E-state index contributed by atoms with van der Waals surface area (Å²) >= 11 is 4.86. The Morgan fingerprint density at radius 1 is 1.17 bits per heavy atom. The maximum atomic E-state index is 12.7. The first-order chi connectivity index (χ1) is 14.5. The molecule has 0 radical (unpaired) electrons. The van der Waals surface area contributed by atoms with E-state index >= 15 is 0 Å². The van der Waals surface area contributed by atoms with Crippen molar-refractivity contribution in [1.82, 2.24) is 4.90 Å². The molecule has 1 amide bonds. The van der Waals surface area contributed by atoms with Gasteiger partial charge in [0.25, 0.3) is 5.91 Å². The zero-order valence-electron chi connectivity index (χ0n) is 16.8. The molecule has 2 saturated heterocycles. The zero-order chi connectivity index (χ0) is 21.1. The number of carbonyl (C=O) groups excluding carboxylic acids is 1. The van der Waals surface area contributed by atoms with E-state index in [1.165, 1.54) is 11.8 Å². The highest BCUT2D eigenvalue weighted by Crippen LogP contribution is 2.34. The molecule has 4 rings (SSSR count). The lowest BCUT2D eigenvalue weighted by atomic mass is 10.2. The molecule has 30 heavy (non-hydrogen) atoms. The second-order valence-corrected chi connectivity index (χ2v) is 8.74. The Labute approximate surface area is 188 Å². The number of methoxy groups -OCH3 is 1. The van der Waals surface area contributed by atoms with Crippen LogP contribution in [0.1, 0.15) is 5.56 Å². The predicted octanol–water partition coefficient (Wildman–Crippen LogP) is 4.53. The Balaban J connectivity index is 1.51. The van der Waals surface area contributed by atoms with Gasteiger partial charge in [0.05, 0.1) is 35.4 Å². The minimum Gasteiger partial charge on any atom is -0.496 e. The van der Waals surface area contributed by atoms with E-state index in [1.54, 1.807) is 19.1 Å². The van der Waals surface area contributed by atoms with Gasteiger partial charge in [-0.25, -0.2) is 4.99 Å². The third-order valence-corrected chi connectivity index (χ3v) is 6.61. The number of rotatable bonds is 4. The molecule has 2 heterocycles. The number of thioether (sulfide) groups is 1. The summed E-state index contributed by atoms with van der Waals surface area (Å²) in [5.41, 5.74) is 2.90. The SMILES string of the molecule is COc1ccc(/C=C2\SC(=Nc3ccc(N4CCOCC4)cc3)N(C)C2=O)cc1Br. The molecular formula is C22H22BrN3O3S. The summed E-state index contributed by atoms with van der Waals surface area (Å²) < 4.78 is 11.5. The van der Waals surface area contributed by atoms with Gasteiger partial charge in [0.1, 0.15) is 5.75 Å². The van der Waals surface area contributed by atoms with Crippen molar-refractivity contribution in [2.75, 3.05) is 45.4 Å². The van der Waals surface area contributed by atoms with E-state index in [-0.39, 0.29) is 5.91 Å². The predicted molar refractivity (Wildman–Crippen MR) is 126 cm³/mol. The molecule has 2 fully saturated rings. The lowest BCUT2D eigenvalue weighted by Gasteiger charge is -2.28. The molecule has 0 unspecified atom stereocenters. The van der Waals surface area contributed by atoms with Crippen LogP contribution in [0.15, 0.2) is 56.8 Å². The number of hydrogen-bond donors (Lipinski definition) is 0. The minimum atomic E-state index is -0.0596. The largest absolute Gasteiger partial charge is 0.496 e. The Kier molecular flexibility index (Phi) is 6.46. The number of morpholine rings is 1. The van der Waals surface area contributed by atoms with Gasteiger partial charge in [-0.3, -0.25) is 9.69 Å². The molecule has 156 valence electrons. The van der Waals surface area contributed by atoms with Crippen molar-refractivity contribution in [3.05, 3.63) is 57.4 Å². The summed E-state index contributed by atoms with van der Waals surface area (Å²) in [6.45, 7) is 3.31. The zero-order valence-corrected chi connectivity index (χ0v) is 19.2. The highest BCUT2D eigenvalue weighted by molar-refractivity contribution is 9.10. The second kappa shape index (κ2) is 9.24. The number of anilines is 1. The van der Waals surface area contributed by atoms with Gasteiger partial charge < -0.3 is 14.4 Å². The van der Waals surface area contributed by atoms with E-state index in [1.807, 2.05) is 36.4 Å². The highest BCUT2D eigenvalue weighted by atomic mass is 79.9. The van der Waals surface area contributed by atoms with Gasteiger partial charge in [-0.2, -0.15) is 0 Å². The lowest BCUT2D eigenvalue weighted by molar-refractivity contribution is -0.121. The van der Waals surface area contributed by atoms with Crippen LogP contribution in [0.25, 0.3) is 6.08 Å². The maximum absolute atomic E-state index is 12.7. The van der Waals surface area contributed by atoms with Crippen molar-refractivity contribution < 1.29 is 14.3 Å². The Hall–Kier alpha value is -2.29. The average Bonchev–Trinajstić information content (AvgIpc) is 3.03.